The number of carbonyl (C=O) groups is 5. The monoisotopic (exact) mass is 522 g/mol. The first kappa shape index (κ1) is 29.1. The van der Waals surface area contributed by atoms with Crippen LogP contribution in [0.1, 0.15) is 37.7 Å². The minimum atomic E-state index is -1.41. The zero-order valence-corrected chi connectivity index (χ0v) is 21.0. The minimum Gasteiger partial charge on any atom is -0.481 e. The number of aliphatic carboxylic acids is 2. The van der Waals surface area contributed by atoms with Gasteiger partial charge >= 0.3 is 11.9 Å². The lowest BCUT2D eigenvalue weighted by Gasteiger charge is -2.25. The highest BCUT2D eigenvalue weighted by Gasteiger charge is 2.31. The summed E-state index contributed by atoms with van der Waals surface area (Å²) in [5, 5.41) is 29.1. The van der Waals surface area contributed by atoms with E-state index in [-0.39, 0.29) is 25.2 Å². The summed E-state index contributed by atoms with van der Waals surface area (Å²) in [6.45, 7) is 0.719. The van der Waals surface area contributed by atoms with Gasteiger partial charge in [0.1, 0.15) is 18.1 Å². The van der Waals surface area contributed by atoms with Crippen molar-refractivity contribution in [1.82, 2.24) is 21.3 Å². The van der Waals surface area contributed by atoms with Crippen LogP contribution in [-0.2, 0) is 30.4 Å². The summed E-state index contributed by atoms with van der Waals surface area (Å²) in [6, 6.07) is 5.34. The van der Waals surface area contributed by atoms with Gasteiger partial charge in [0.25, 0.3) is 0 Å². The van der Waals surface area contributed by atoms with E-state index in [4.69, 9.17) is 5.11 Å². The number of rotatable bonds is 15. The third kappa shape index (κ3) is 9.86. The second-order valence-electron chi connectivity index (χ2n) is 8.57. The molecule has 12 heteroatoms. The molecule has 198 valence electrons. The Labute approximate surface area is 214 Å². The lowest BCUT2D eigenvalue weighted by Crippen LogP contribution is -2.57. The number of carboxylic acid groups (broad SMARTS) is 2. The predicted molar refractivity (Wildman–Crippen MR) is 134 cm³/mol. The van der Waals surface area contributed by atoms with Crippen LogP contribution in [0.3, 0.4) is 0 Å². The maximum Gasteiger partial charge on any atom is 0.326 e. The highest BCUT2D eigenvalue weighted by atomic mass is 32.2. The van der Waals surface area contributed by atoms with Crippen molar-refractivity contribution in [3.05, 3.63) is 35.9 Å². The normalized spacial score (nSPS) is 17.4. The molecule has 0 saturated carbocycles. The van der Waals surface area contributed by atoms with E-state index >= 15 is 0 Å². The molecule has 0 spiro atoms. The Morgan fingerprint density at radius 3 is 2.22 bits per heavy atom. The van der Waals surface area contributed by atoms with Crippen LogP contribution in [0, 0.1) is 0 Å². The van der Waals surface area contributed by atoms with Gasteiger partial charge in [0.05, 0.1) is 6.04 Å². The number of hydrogen-bond donors (Lipinski definition) is 6. The minimum absolute atomic E-state index is 0.207. The first-order valence-corrected chi connectivity index (χ1v) is 13.2. The molecule has 0 aliphatic carbocycles. The van der Waals surface area contributed by atoms with E-state index in [1.54, 1.807) is 0 Å². The Hall–Kier alpha value is -3.12. The van der Waals surface area contributed by atoms with Crippen LogP contribution in [-0.4, -0.2) is 82.6 Å². The fourth-order valence-electron chi connectivity index (χ4n) is 3.81. The van der Waals surface area contributed by atoms with Gasteiger partial charge in [0.15, 0.2) is 0 Å². The van der Waals surface area contributed by atoms with E-state index in [9.17, 15) is 29.1 Å². The topological polar surface area (TPSA) is 174 Å². The number of benzene rings is 1. The van der Waals surface area contributed by atoms with Crippen molar-refractivity contribution in [2.75, 3.05) is 18.6 Å². The van der Waals surface area contributed by atoms with Crippen LogP contribution in [0.25, 0.3) is 0 Å². The number of amides is 3. The number of hydrogen-bond acceptors (Lipinski definition) is 7. The quantitative estimate of drug-likeness (QED) is 0.187. The second kappa shape index (κ2) is 15.1. The Morgan fingerprint density at radius 1 is 0.972 bits per heavy atom. The van der Waals surface area contributed by atoms with Crippen molar-refractivity contribution in [2.24, 2.45) is 0 Å². The molecule has 3 amide bonds. The van der Waals surface area contributed by atoms with Gasteiger partial charge in [0.2, 0.25) is 17.7 Å². The maximum atomic E-state index is 13.3. The third-order valence-corrected chi connectivity index (χ3v) is 6.44. The van der Waals surface area contributed by atoms with Gasteiger partial charge < -0.3 is 31.5 Å². The largest absolute Gasteiger partial charge is 0.481 e. The fraction of sp³-hybridized carbons (Fsp3) is 0.542. The third-order valence-electron chi connectivity index (χ3n) is 5.80. The SMILES string of the molecule is CSCCC(NC(=O)C(Cc1ccccc1)NC(=O)C1CCCN1)C(=O)NC(CCC(=O)O)C(=O)O. The van der Waals surface area contributed by atoms with Gasteiger partial charge in [-0.15, -0.1) is 0 Å². The first-order valence-electron chi connectivity index (χ1n) is 11.8. The van der Waals surface area contributed by atoms with Crippen molar-refractivity contribution in [3.8, 4) is 0 Å². The van der Waals surface area contributed by atoms with Crippen LogP contribution in [0.2, 0.25) is 0 Å². The summed E-state index contributed by atoms with van der Waals surface area (Å²) in [7, 11) is 0. The summed E-state index contributed by atoms with van der Waals surface area (Å²) in [4.78, 5) is 61.3. The molecule has 0 aromatic heterocycles. The zero-order valence-electron chi connectivity index (χ0n) is 20.2. The Balaban J connectivity index is 2.15. The van der Waals surface area contributed by atoms with E-state index in [2.05, 4.69) is 21.3 Å². The summed E-state index contributed by atoms with van der Waals surface area (Å²) in [5.74, 6) is -3.63. The van der Waals surface area contributed by atoms with E-state index < -0.39 is 54.3 Å². The molecule has 0 radical (unpaired) electrons. The molecule has 0 bridgehead atoms. The molecule has 2 rings (SSSR count). The average Bonchev–Trinajstić information content (AvgIpc) is 3.39. The van der Waals surface area contributed by atoms with Gasteiger partial charge in [-0.05, 0) is 49.8 Å². The first-order chi connectivity index (χ1) is 17.2. The number of thioether (sulfide) groups is 1. The Kier molecular flexibility index (Phi) is 12.2. The van der Waals surface area contributed by atoms with E-state index in [1.165, 1.54) is 11.8 Å². The highest BCUT2D eigenvalue weighted by molar-refractivity contribution is 7.98. The van der Waals surface area contributed by atoms with Crippen molar-refractivity contribution >= 4 is 41.4 Å². The average molecular weight is 523 g/mol. The van der Waals surface area contributed by atoms with Crippen LogP contribution in [0.15, 0.2) is 30.3 Å². The molecule has 1 aliphatic rings. The molecular weight excluding hydrogens is 488 g/mol. The second-order valence-corrected chi connectivity index (χ2v) is 9.56. The van der Waals surface area contributed by atoms with E-state index in [0.29, 0.717) is 12.2 Å². The molecule has 1 fully saturated rings. The standard InChI is InChI=1S/C24H34N4O7S/c1-36-13-11-17(22(32)27-18(24(34)35)9-10-20(29)30)26-23(33)19(14-15-6-3-2-4-7-15)28-21(31)16-8-5-12-25-16/h2-4,6-7,16-19,25H,5,8-14H2,1H3,(H,26,33)(H,27,32)(H,28,31)(H,29,30)(H,34,35). The molecule has 6 N–H and O–H groups in total. The lowest BCUT2D eigenvalue weighted by atomic mass is 10.0. The molecular formula is C24H34N4O7S. The summed E-state index contributed by atoms with van der Waals surface area (Å²) < 4.78 is 0. The lowest BCUT2D eigenvalue weighted by molar-refractivity contribution is -0.143. The number of nitrogens with one attached hydrogen (secondary N) is 4. The molecule has 36 heavy (non-hydrogen) atoms. The van der Waals surface area contributed by atoms with Crippen LogP contribution >= 0.6 is 11.8 Å². The fourth-order valence-corrected chi connectivity index (χ4v) is 4.29. The Bertz CT molecular complexity index is 909. The predicted octanol–water partition coefficient (Wildman–Crippen LogP) is 0.138. The number of carbonyl (C=O) groups excluding carboxylic acids is 3. The maximum absolute atomic E-state index is 13.3. The molecule has 1 aromatic rings. The highest BCUT2D eigenvalue weighted by Crippen LogP contribution is 2.10. The van der Waals surface area contributed by atoms with Gasteiger partial charge in [-0.3, -0.25) is 19.2 Å². The summed E-state index contributed by atoms with van der Waals surface area (Å²) in [5.41, 5.74) is 0.821. The van der Waals surface area contributed by atoms with E-state index in [0.717, 1.165) is 18.5 Å². The smallest absolute Gasteiger partial charge is 0.326 e. The molecule has 1 saturated heterocycles. The van der Waals surface area contributed by atoms with Gasteiger partial charge in [-0.25, -0.2) is 4.79 Å². The van der Waals surface area contributed by atoms with Crippen molar-refractivity contribution in [1.29, 1.82) is 0 Å². The van der Waals surface area contributed by atoms with Crippen LogP contribution < -0.4 is 21.3 Å². The molecule has 1 heterocycles. The Morgan fingerprint density at radius 2 is 1.64 bits per heavy atom. The number of carboxylic acids is 2. The van der Waals surface area contributed by atoms with Gasteiger partial charge in [0, 0.05) is 12.8 Å². The van der Waals surface area contributed by atoms with Crippen molar-refractivity contribution < 1.29 is 34.2 Å². The molecule has 4 unspecified atom stereocenters. The summed E-state index contributed by atoms with van der Waals surface area (Å²) >= 11 is 1.45. The summed E-state index contributed by atoms with van der Waals surface area (Å²) in [6.07, 6.45) is 3.06. The van der Waals surface area contributed by atoms with Crippen LogP contribution in [0.4, 0.5) is 0 Å². The molecule has 4 atom stereocenters. The molecule has 11 nitrogen and oxygen atoms in total. The molecule has 1 aromatic carbocycles. The van der Waals surface area contributed by atoms with Crippen LogP contribution in [0.5, 0.6) is 0 Å². The zero-order chi connectivity index (χ0) is 26.5. The van der Waals surface area contributed by atoms with Gasteiger partial charge in [-0.2, -0.15) is 11.8 Å². The van der Waals surface area contributed by atoms with Gasteiger partial charge in [-0.1, -0.05) is 30.3 Å². The molecule has 1 aliphatic heterocycles. The van der Waals surface area contributed by atoms with Crippen molar-refractivity contribution in [2.45, 2.75) is 62.7 Å². The van der Waals surface area contributed by atoms with Crippen molar-refractivity contribution in [3.63, 3.8) is 0 Å². The van der Waals surface area contributed by atoms with E-state index in [1.807, 2.05) is 36.6 Å².